The number of aromatic nitrogens is 2. The van der Waals surface area contributed by atoms with Gasteiger partial charge in [0, 0.05) is 52.0 Å². The van der Waals surface area contributed by atoms with Crippen LogP contribution in [0.1, 0.15) is 12.0 Å². The fourth-order valence-electron chi connectivity index (χ4n) is 2.53. The van der Waals surface area contributed by atoms with Crippen LogP contribution in [0, 0.1) is 6.92 Å². The van der Waals surface area contributed by atoms with Gasteiger partial charge in [0.25, 0.3) is 0 Å². The van der Waals surface area contributed by atoms with Crippen LogP contribution >= 0.6 is 0 Å². The van der Waals surface area contributed by atoms with Gasteiger partial charge < -0.3 is 14.7 Å². The van der Waals surface area contributed by atoms with Gasteiger partial charge in [0.05, 0.1) is 0 Å². The molecule has 0 unspecified atom stereocenters. The van der Waals surface area contributed by atoms with Crippen LogP contribution in [0.3, 0.4) is 0 Å². The molecule has 1 aromatic heterocycles. The Kier molecular flexibility index (Phi) is 4.96. The monoisotopic (exact) mass is 331 g/mol. The second-order valence-corrected chi connectivity index (χ2v) is 5.70. The molecule has 128 valence electrons. The zero-order valence-corrected chi connectivity index (χ0v) is 13.4. The maximum Gasteiger partial charge on any atom is 0.471 e. The molecule has 2 heterocycles. The average molecular weight is 331 g/mol. The maximum atomic E-state index is 12.5. The minimum atomic E-state index is -4.83. The smallest absolute Gasteiger partial charge is 0.362 e. The van der Waals surface area contributed by atoms with Crippen LogP contribution in [-0.2, 0) is 4.79 Å². The molecule has 1 amide bonds. The Bertz CT molecular complexity index is 576. The van der Waals surface area contributed by atoms with Crippen LogP contribution in [0.2, 0.25) is 0 Å². The maximum absolute atomic E-state index is 12.5. The summed E-state index contributed by atoms with van der Waals surface area (Å²) >= 11 is 0. The van der Waals surface area contributed by atoms with Gasteiger partial charge in [-0.1, -0.05) is 0 Å². The normalized spacial score (nSPS) is 16.3. The highest BCUT2D eigenvalue weighted by atomic mass is 19.4. The molecule has 0 N–H and O–H groups in total. The lowest BCUT2D eigenvalue weighted by atomic mass is 10.3. The lowest BCUT2D eigenvalue weighted by molar-refractivity contribution is -0.185. The molecule has 1 saturated heterocycles. The van der Waals surface area contributed by atoms with E-state index in [1.165, 1.54) is 0 Å². The number of carbonyl (C=O) groups excluding carboxylic acids is 1. The first-order valence-electron chi connectivity index (χ1n) is 7.32. The predicted octanol–water partition coefficient (Wildman–Crippen LogP) is 1.45. The summed E-state index contributed by atoms with van der Waals surface area (Å²) in [5.41, 5.74) is 0.919. The molecule has 2 rings (SSSR count). The van der Waals surface area contributed by atoms with Gasteiger partial charge in [-0.3, -0.25) is 4.79 Å². The summed E-state index contributed by atoms with van der Waals surface area (Å²) in [5.74, 6) is -0.541. The summed E-state index contributed by atoms with van der Waals surface area (Å²) in [7, 11) is 3.73. The fraction of sp³-hybridized carbons (Fsp3) is 0.643. The van der Waals surface area contributed by atoms with Crippen LogP contribution in [0.5, 0.6) is 0 Å². The van der Waals surface area contributed by atoms with Crippen molar-refractivity contribution in [2.24, 2.45) is 0 Å². The molecule has 0 aliphatic carbocycles. The molecule has 1 aromatic rings. The van der Waals surface area contributed by atoms with Crippen LogP contribution < -0.4 is 9.80 Å². The van der Waals surface area contributed by atoms with Crippen LogP contribution in [0.4, 0.5) is 24.9 Å². The molecule has 23 heavy (non-hydrogen) atoms. The van der Waals surface area contributed by atoms with E-state index >= 15 is 0 Å². The number of rotatable bonds is 2. The van der Waals surface area contributed by atoms with Crippen LogP contribution in [0.15, 0.2) is 6.20 Å². The predicted molar refractivity (Wildman–Crippen MR) is 80.6 cm³/mol. The number of hydrogen-bond donors (Lipinski definition) is 0. The van der Waals surface area contributed by atoms with Crippen molar-refractivity contribution in [1.82, 2.24) is 14.9 Å². The average Bonchev–Trinajstić information content (AvgIpc) is 2.71. The highest BCUT2D eigenvalue weighted by molar-refractivity contribution is 5.81. The number of hydrogen-bond acceptors (Lipinski definition) is 5. The minimum Gasteiger partial charge on any atom is -0.362 e. The van der Waals surface area contributed by atoms with Crippen LogP contribution in [0.25, 0.3) is 0 Å². The summed E-state index contributed by atoms with van der Waals surface area (Å²) in [6.07, 6.45) is -2.69. The van der Waals surface area contributed by atoms with Crippen LogP contribution in [-0.4, -0.2) is 67.2 Å². The molecule has 1 aliphatic rings. The van der Waals surface area contributed by atoms with E-state index < -0.39 is 12.1 Å². The van der Waals surface area contributed by atoms with Gasteiger partial charge in [-0.2, -0.15) is 18.2 Å². The lowest BCUT2D eigenvalue weighted by Crippen LogP contribution is -2.43. The highest BCUT2D eigenvalue weighted by Gasteiger charge is 2.42. The minimum absolute atomic E-state index is 0.00682. The highest BCUT2D eigenvalue weighted by Crippen LogP contribution is 2.22. The number of amides is 1. The van der Waals surface area contributed by atoms with Gasteiger partial charge >= 0.3 is 12.1 Å². The zero-order valence-electron chi connectivity index (χ0n) is 13.4. The Morgan fingerprint density at radius 3 is 2.52 bits per heavy atom. The molecule has 0 atom stereocenters. The van der Waals surface area contributed by atoms with Crippen molar-refractivity contribution in [3.63, 3.8) is 0 Å². The van der Waals surface area contributed by atoms with Crippen molar-refractivity contribution >= 4 is 17.7 Å². The van der Waals surface area contributed by atoms with Crippen molar-refractivity contribution in [2.45, 2.75) is 19.5 Å². The number of halogens is 3. The lowest BCUT2D eigenvalue weighted by Gasteiger charge is -2.24. The zero-order chi connectivity index (χ0) is 17.2. The molecule has 0 aromatic carbocycles. The fourth-order valence-corrected chi connectivity index (χ4v) is 2.53. The molecule has 0 bridgehead atoms. The summed E-state index contributed by atoms with van der Waals surface area (Å²) in [6, 6.07) is 0. The quantitative estimate of drug-likeness (QED) is 0.821. The van der Waals surface area contributed by atoms with E-state index in [2.05, 4.69) is 9.97 Å². The second-order valence-electron chi connectivity index (χ2n) is 5.70. The van der Waals surface area contributed by atoms with Crippen molar-refractivity contribution in [2.75, 3.05) is 50.1 Å². The number of aryl methyl sites for hydroxylation is 1. The van der Waals surface area contributed by atoms with Crippen molar-refractivity contribution in [1.29, 1.82) is 0 Å². The van der Waals surface area contributed by atoms with Crippen molar-refractivity contribution in [3.8, 4) is 0 Å². The number of carbonyl (C=O) groups is 1. The SMILES string of the molecule is Cc1cnc(N2CCCN(C(=O)C(F)(F)F)CC2)nc1N(C)C. The first-order valence-corrected chi connectivity index (χ1v) is 7.32. The third kappa shape index (κ3) is 4.02. The largest absolute Gasteiger partial charge is 0.471 e. The van der Waals surface area contributed by atoms with E-state index in [0.29, 0.717) is 18.9 Å². The first-order chi connectivity index (χ1) is 10.7. The van der Waals surface area contributed by atoms with Gasteiger partial charge in [-0.05, 0) is 13.3 Å². The molecule has 0 spiro atoms. The Morgan fingerprint density at radius 2 is 1.91 bits per heavy atom. The van der Waals surface area contributed by atoms with E-state index in [9.17, 15) is 18.0 Å². The van der Waals surface area contributed by atoms with E-state index in [1.807, 2.05) is 30.8 Å². The van der Waals surface area contributed by atoms with Gasteiger partial charge in [0.2, 0.25) is 5.95 Å². The molecule has 1 fully saturated rings. The van der Waals surface area contributed by atoms with Crippen molar-refractivity contribution in [3.05, 3.63) is 11.8 Å². The van der Waals surface area contributed by atoms with Gasteiger partial charge in [0.1, 0.15) is 5.82 Å². The molecule has 0 saturated carbocycles. The van der Waals surface area contributed by atoms with E-state index in [4.69, 9.17) is 0 Å². The Morgan fingerprint density at radius 1 is 1.22 bits per heavy atom. The molecule has 6 nitrogen and oxygen atoms in total. The molecular formula is C14H20F3N5O. The van der Waals surface area contributed by atoms with Gasteiger partial charge in [-0.25, -0.2) is 4.98 Å². The topological polar surface area (TPSA) is 52.6 Å². The number of alkyl halides is 3. The third-order valence-corrected chi connectivity index (χ3v) is 3.66. The summed E-state index contributed by atoms with van der Waals surface area (Å²) < 4.78 is 37.6. The standard InChI is InChI=1S/C14H20F3N5O/c1-10-9-18-13(19-11(10)20(2)3)22-6-4-5-21(7-8-22)12(23)14(15,16)17/h9H,4-8H2,1-3H3. The number of anilines is 2. The first kappa shape index (κ1) is 17.3. The molecule has 9 heteroatoms. The molecular weight excluding hydrogens is 311 g/mol. The molecule has 1 aliphatic heterocycles. The van der Waals surface area contributed by atoms with E-state index in [-0.39, 0.29) is 19.6 Å². The second kappa shape index (κ2) is 6.59. The van der Waals surface area contributed by atoms with Crippen molar-refractivity contribution < 1.29 is 18.0 Å². The Balaban J connectivity index is 2.12. The summed E-state index contributed by atoms with van der Waals surface area (Å²) in [5, 5.41) is 0. The van der Waals surface area contributed by atoms with Gasteiger partial charge in [-0.15, -0.1) is 0 Å². The number of nitrogens with zero attached hydrogens (tertiary/aromatic N) is 5. The van der Waals surface area contributed by atoms with E-state index in [1.54, 1.807) is 6.20 Å². The van der Waals surface area contributed by atoms with Gasteiger partial charge in [0.15, 0.2) is 0 Å². The molecule has 0 radical (unpaired) electrons. The van der Waals surface area contributed by atoms with E-state index in [0.717, 1.165) is 16.3 Å². The third-order valence-electron chi connectivity index (χ3n) is 3.66. The Labute approximate surface area is 132 Å². The Hall–Kier alpha value is -2.06. The summed E-state index contributed by atoms with van der Waals surface area (Å²) in [6.45, 7) is 2.77. The summed E-state index contributed by atoms with van der Waals surface area (Å²) in [4.78, 5) is 24.6.